The van der Waals surface area contributed by atoms with Gasteiger partial charge in [-0.2, -0.15) is 0 Å². The maximum absolute atomic E-state index is 11.9. The first-order chi connectivity index (χ1) is 10.2. The number of carbonyl (C=O) groups excluding carboxylic acids is 1. The molecule has 1 aliphatic heterocycles. The third-order valence-corrected chi connectivity index (χ3v) is 3.34. The predicted octanol–water partition coefficient (Wildman–Crippen LogP) is 2.16. The summed E-state index contributed by atoms with van der Waals surface area (Å²) in [6.07, 6.45) is 6.30. The minimum atomic E-state index is -0.244. The number of rotatable bonds is 0. The fourth-order valence-electron chi connectivity index (χ4n) is 2.24. The van der Waals surface area contributed by atoms with Crippen molar-refractivity contribution in [1.29, 1.82) is 0 Å². The Morgan fingerprint density at radius 3 is 3.00 bits per heavy atom. The largest absolute Gasteiger partial charge is 0.347 e. The van der Waals surface area contributed by atoms with Gasteiger partial charge in [0.2, 0.25) is 0 Å². The van der Waals surface area contributed by atoms with E-state index < -0.39 is 0 Å². The van der Waals surface area contributed by atoms with Crippen LogP contribution in [0.15, 0.2) is 42.6 Å². The van der Waals surface area contributed by atoms with Crippen molar-refractivity contribution in [1.82, 2.24) is 15.3 Å². The average molecular weight is 283 g/mol. The number of imidazole rings is 1. The number of hydrogen-bond acceptors (Lipinski definition) is 3. The molecule has 3 rings (SSSR count). The maximum Gasteiger partial charge on any atom is 0.319 e. The summed E-state index contributed by atoms with van der Waals surface area (Å²) < 4.78 is 0. The van der Waals surface area contributed by atoms with Crippen molar-refractivity contribution in [3.05, 3.63) is 48.4 Å². The standard InChI is InChI=1S/C15H17N5O/c16-11-6-3-4-8-17-15(21)20-12-7-2-1-5-10(12)13-9-18-14(11)19-13/h1-5,7,9,11H,6,8,16H2,(H,18,19)(H2,17,20,21)/b4-3+/t11-/m0/s1. The van der Waals surface area contributed by atoms with Crippen LogP contribution in [0, 0.1) is 0 Å². The molecule has 1 aromatic heterocycles. The van der Waals surface area contributed by atoms with Gasteiger partial charge >= 0.3 is 6.03 Å². The molecule has 2 bridgehead atoms. The van der Waals surface area contributed by atoms with E-state index in [9.17, 15) is 4.79 Å². The summed E-state index contributed by atoms with van der Waals surface area (Å²) in [4.78, 5) is 19.5. The summed E-state index contributed by atoms with van der Waals surface area (Å²) in [6.45, 7) is 0.462. The Kier molecular flexibility index (Phi) is 3.70. The molecule has 6 heteroatoms. The zero-order valence-corrected chi connectivity index (χ0v) is 11.5. The van der Waals surface area contributed by atoms with E-state index in [1.165, 1.54) is 0 Å². The third kappa shape index (κ3) is 2.95. The van der Waals surface area contributed by atoms with Gasteiger partial charge in [0.15, 0.2) is 0 Å². The lowest BCUT2D eigenvalue weighted by Gasteiger charge is -2.09. The lowest BCUT2D eigenvalue weighted by Crippen LogP contribution is -2.28. The Morgan fingerprint density at radius 1 is 1.24 bits per heavy atom. The van der Waals surface area contributed by atoms with Gasteiger partial charge in [0, 0.05) is 18.3 Å². The molecule has 0 saturated carbocycles. The molecule has 0 spiro atoms. The number of benzene rings is 1. The molecule has 0 fully saturated rings. The van der Waals surface area contributed by atoms with Crippen LogP contribution in [0.1, 0.15) is 18.3 Å². The van der Waals surface area contributed by atoms with Crippen LogP contribution >= 0.6 is 0 Å². The van der Waals surface area contributed by atoms with E-state index in [0.29, 0.717) is 18.7 Å². The number of anilines is 1. The molecule has 6 nitrogen and oxygen atoms in total. The number of aromatic amines is 1. The number of nitrogens with zero attached hydrogens (tertiary/aromatic N) is 1. The fourth-order valence-corrected chi connectivity index (χ4v) is 2.24. The van der Waals surface area contributed by atoms with Gasteiger partial charge in [-0.05, 0) is 12.5 Å². The van der Waals surface area contributed by atoms with E-state index in [1.807, 2.05) is 42.6 Å². The molecule has 0 radical (unpaired) electrons. The Balaban J connectivity index is 2.03. The summed E-state index contributed by atoms with van der Waals surface area (Å²) in [7, 11) is 0. The summed E-state index contributed by atoms with van der Waals surface area (Å²) >= 11 is 0. The van der Waals surface area contributed by atoms with Crippen molar-refractivity contribution in [3.63, 3.8) is 0 Å². The molecule has 1 aromatic carbocycles. The Hall–Kier alpha value is -2.60. The van der Waals surface area contributed by atoms with Crippen molar-refractivity contribution in [2.24, 2.45) is 5.73 Å². The molecule has 108 valence electrons. The molecule has 0 unspecified atom stereocenters. The second kappa shape index (κ2) is 5.80. The molecule has 2 amide bonds. The van der Waals surface area contributed by atoms with Crippen LogP contribution < -0.4 is 16.4 Å². The number of para-hydroxylation sites is 1. The number of H-pyrrole nitrogens is 1. The van der Waals surface area contributed by atoms with Crippen molar-refractivity contribution in [2.75, 3.05) is 11.9 Å². The number of hydrogen-bond donors (Lipinski definition) is 4. The van der Waals surface area contributed by atoms with E-state index in [0.717, 1.165) is 17.1 Å². The van der Waals surface area contributed by atoms with Gasteiger partial charge in [-0.1, -0.05) is 30.4 Å². The normalized spacial score (nSPS) is 20.0. The molecular formula is C15H17N5O. The van der Waals surface area contributed by atoms with Crippen molar-refractivity contribution in [3.8, 4) is 11.3 Å². The minimum absolute atomic E-state index is 0.188. The molecule has 5 N–H and O–H groups in total. The van der Waals surface area contributed by atoms with E-state index in [4.69, 9.17) is 5.73 Å². The van der Waals surface area contributed by atoms with E-state index in [2.05, 4.69) is 20.6 Å². The first-order valence-corrected chi connectivity index (χ1v) is 6.84. The predicted molar refractivity (Wildman–Crippen MR) is 81.7 cm³/mol. The van der Waals surface area contributed by atoms with Crippen LogP contribution in [0.25, 0.3) is 11.3 Å². The first-order valence-electron chi connectivity index (χ1n) is 6.84. The van der Waals surface area contributed by atoms with Crippen LogP contribution in [0.2, 0.25) is 0 Å². The lowest BCUT2D eigenvalue weighted by molar-refractivity contribution is 0.253. The van der Waals surface area contributed by atoms with Gasteiger partial charge in [-0.3, -0.25) is 0 Å². The van der Waals surface area contributed by atoms with Gasteiger partial charge in [0.1, 0.15) is 5.82 Å². The highest BCUT2D eigenvalue weighted by Gasteiger charge is 2.14. The zero-order chi connectivity index (χ0) is 14.7. The van der Waals surface area contributed by atoms with Crippen LogP contribution in [-0.2, 0) is 0 Å². The number of urea groups is 1. The van der Waals surface area contributed by atoms with Crippen molar-refractivity contribution < 1.29 is 4.79 Å². The van der Waals surface area contributed by atoms with E-state index >= 15 is 0 Å². The quantitative estimate of drug-likeness (QED) is 0.558. The lowest BCUT2D eigenvalue weighted by atomic mass is 10.1. The molecular weight excluding hydrogens is 266 g/mol. The second-order valence-corrected chi connectivity index (χ2v) is 4.87. The highest BCUT2D eigenvalue weighted by atomic mass is 16.2. The zero-order valence-electron chi connectivity index (χ0n) is 11.5. The highest BCUT2D eigenvalue weighted by Crippen LogP contribution is 2.27. The van der Waals surface area contributed by atoms with Gasteiger partial charge in [0.25, 0.3) is 0 Å². The van der Waals surface area contributed by atoms with Gasteiger partial charge in [-0.25, -0.2) is 9.78 Å². The Labute approximate surface area is 122 Å². The summed E-state index contributed by atoms with van der Waals surface area (Å²) in [5.41, 5.74) is 8.43. The van der Waals surface area contributed by atoms with Crippen LogP contribution in [0.5, 0.6) is 0 Å². The molecule has 0 saturated heterocycles. The SMILES string of the molecule is N[C@H]1C/C=C/CNC(=O)Nc2ccccc2-c2c[nH]c1n2. The Bertz CT molecular complexity index is 676. The molecule has 2 aromatic rings. The van der Waals surface area contributed by atoms with E-state index in [1.54, 1.807) is 0 Å². The van der Waals surface area contributed by atoms with Crippen LogP contribution in [-0.4, -0.2) is 22.5 Å². The summed E-state index contributed by atoms with van der Waals surface area (Å²) in [5.74, 6) is 0.739. The monoisotopic (exact) mass is 283 g/mol. The number of amides is 2. The van der Waals surface area contributed by atoms with Crippen LogP contribution in [0.4, 0.5) is 10.5 Å². The summed E-state index contributed by atoms with van der Waals surface area (Å²) in [5, 5.41) is 5.61. The van der Waals surface area contributed by atoms with E-state index in [-0.39, 0.29) is 12.1 Å². The van der Waals surface area contributed by atoms with Gasteiger partial charge in [-0.15, -0.1) is 0 Å². The average Bonchev–Trinajstić information content (AvgIpc) is 2.96. The molecule has 21 heavy (non-hydrogen) atoms. The molecule has 1 aliphatic rings. The smallest absolute Gasteiger partial charge is 0.319 e. The van der Waals surface area contributed by atoms with Gasteiger partial charge < -0.3 is 21.4 Å². The number of fused-ring (bicyclic) bond motifs is 4. The first kappa shape index (κ1) is 13.4. The molecule has 0 aliphatic carbocycles. The van der Waals surface area contributed by atoms with Crippen LogP contribution in [0.3, 0.4) is 0 Å². The maximum atomic E-state index is 11.9. The number of nitrogens with two attached hydrogens (primary N) is 1. The third-order valence-electron chi connectivity index (χ3n) is 3.34. The second-order valence-electron chi connectivity index (χ2n) is 4.87. The Morgan fingerprint density at radius 2 is 2.10 bits per heavy atom. The topological polar surface area (TPSA) is 95.8 Å². The number of aromatic nitrogens is 2. The van der Waals surface area contributed by atoms with Gasteiger partial charge in [0.05, 0.1) is 17.4 Å². The van der Waals surface area contributed by atoms with Crippen molar-refractivity contribution in [2.45, 2.75) is 12.5 Å². The minimum Gasteiger partial charge on any atom is -0.347 e. The summed E-state index contributed by atoms with van der Waals surface area (Å²) in [6, 6.07) is 7.11. The fraction of sp³-hybridized carbons (Fsp3) is 0.200. The molecule has 2 heterocycles. The van der Waals surface area contributed by atoms with Crippen molar-refractivity contribution >= 4 is 11.7 Å². The number of nitrogens with one attached hydrogen (secondary N) is 3. The highest BCUT2D eigenvalue weighted by molar-refractivity contribution is 5.94. The molecule has 1 atom stereocenters. The number of carbonyl (C=O) groups is 1.